The Morgan fingerprint density at radius 3 is 2.39 bits per heavy atom. The highest BCUT2D eigenvalue weighted by molar-refractivity contribution is 5.95. The van der Waals surface area contributed by atoms with Crippen molar-refractivity contribution >= 4 is 16.8 Å². The predicted molar refractivity (Wildman–Crippen MR) is 134 cm³/mol. The Hall–Kier alpha value is -3.33. The fourth-order valence-electron chi connectivity index (χ4n) is 5.71. The molecule has 1 fully saturated rings. The molecule has 0 radical (unpaired) electrons. The molecule has 33 heavy (non-hydrogen) atoms. The minimum atomic E-state index is 0.116. The van der Waals surface area contributed by atoms with Gasteiger partial charge < -0.3 is 9.88 Å². The molecule has 0 unspecified atom stereocenters. The van der Waals surface area contributed by atoms with Crippen molar-refractivity contribution in [2.75, 3.05) is 6.54 Å². The maximum absolute atomic E-state index is 13.0. The third kappa shape index (κ3) is 3.86. The number of aromatic amines is 1. The smallest absolute Gasteiger partial charge is 0.254 e. The van der Waals surface area contributed by atoms with E-state index >= 15 is 0 Å². The van der Waals surface area contributed by atoms with E-state index < -0.39 is 0 Å². The average molecular weight is 435 g/mol. The van der Waals surface area contributed by atoms with Gasteiger partial charge in [-0.2, -0.15) is 0 Å². The molecule has 1 aliphatic heterocycles. The van der Waals surface area contributed by atoms with Crippen LogP contribution in [0.25, 0.3) is 22.0 Å². The molecule has 3 nitrogen and oxygen atoms in total. The highest BCUT2D eigenvalue weighted by atomic mass is 16.2. The summed E-state index contributed by atoms with van der Waals surface area (Å²) in [6.45, 7) is 1.41. The number of rotatable bonds is 3. The van der Waals surface area contributed by atoms with Crippen LogP contribution in [-0.4, -0.2) is 22.3 Å². The number of aromatic nitrogens is 1. The molecule has 1 aliphatic carbocycles. The van der Waals surface area contributed by atoms with Crippen LogP contribution in [0.15, 0.2) is 72.8 Å². The van der Waals surface area contributed by atoms with Crippen LogP contribution >= 0.6 is 0 Å². The van der Waals surface area contributed by atoms with Crippen LogP contribution in [0.1, 0.15) is 65.2 Å². The monoisotopic (exact) mass is 434 g/mol. The zero-order chi connectivity index (χ0) is 22.2. The van der Waals surface area contributed by atoms with Gasteiger partial charge in [-0.25, -0.2) is 0 Å². The Morgan fingerprint density at radius 2 is 1.61 bits per heavy atom. The molecule has 0 atom stereocenters. The van der Waals surface area contributed by atoms with Gasteiger partial charge in [0.05, 0.1) is 0 Å². The second-order valence-corrected chi connectivity index (χ2v) is 9.64. The van der Waals surface area contributed by atoms with E-state index in [0.29, 0.717) is 6.54 Å². The number of fused-ring (bicyclic) bond motifs is 3. The van der Waals surface area contributed by atoms with Crippen molar-refractivity contribution in [1.82, 2.24) is 9.88 Å². The van der Waals surface area contributed by atoms with E-state index in [1.54, 1.807) is 0 Å². The van der Waals surface area contributed by atoms with Gasteiger partial charge in [-0.15, -0.1) is 0 Å². The van der Waals surface area contributed by atoms with E-state index in [-0.39, 0.29) is 5.91 Å². The lowest BCUT2D eigenvalue weighted by Gasteiger charge is -2.27. The molecule has 0 bridgehead atoms. The second kappa shape index (κ2) is 8.55. The van der Waals surface area contributed by atoms with Gasteiger partial charge in [0.1, 0.15) is 0 Å². The number of H-pyrrole nitrogens is 1. The number of carbonyl (C=O) groups excluding carboxylic acids is 1. The summed E-state index contributed by atoms with van der Waals surface area (Å²) in [5.74, 6) is 0.852. The Balaban J connectivity index is 1.28. The third-order valence-corrected chi connectivity index (χ3v) is 7.60. The first-order valence-electron chi connectivity index (χ1n) is 12.3. The van der Waals surface area contributed by atoms with Crippen molar-refractivity contribution in [3.63, 3.8) is 0 Å². The lowest BCUT2D eigenvalue weighted by atomic mass is 9.83. The fourth-order valence-corrected chi connectivity index (χ4v) is 5.71. The first-order chi connectivity index (χ1) is 16.3. The van der Waals surface area contributed by atoms with Crippen LogP contribution in [0.5, 0.6) is 0 Å². The maximum atomic E-state index is 13.0. The van der Waals surface area contributed by atoms with E-state index in [2.05, 4.69) is 47.4 Å². The van der Waals surface area contributed by atoms with Crippen molar-refractivity contribution in [2.24, 2.45) is 0 Å². The molecular weight excluding hydrogens is 404 g/mol. The molecule has 2 aliphatic rings. The molecular formula is C30H30N2O. The van der Waals surface area contributed by atoms with Gasteiger partial charge in [0.25, 0.3) is 5.91 Å². The first kappa shape index (κ1) is 20.3. The van der Waals surface area contributed by atoms with Crippen LogP contribution in [0.2, 0.25) is 0 Å². The number of hydrogen-bond acceptors (Lipinski definition) is 1. The van der Waals surface area contributed by atoms with Crippen molar-refractivity contribution in [2.45, 2.75) is 51.0 Å². The van der Waals surface area contributed by atoms with Gasteiger partial charge in [-0.3, -0.25) is 4.79 Å². The summed E-state index contributed by atoms with van der Waals surface area (Å²) in [6, 6.07) is 25.6. The zero-order valence-electron chi connectivity index (χ0n) is 19.0. The van der Waals surface area contributed by atoms with E-state index in [1.807, 2.05) is 35.2 Å². The Morgan fingerprint density at radius 1 is 0.848 bits per heavy atom. The molecule has 2 heterocycles. The summed E-state index contributed by atoms with van der Waals surface area (Å²) in [4.78, 5) is 18.6. The largest absolute Gasteiger partial charge is 0.358 e. The molecule has 3 heteroatoms. The molecule has 0 saturated heterocycles. The molecule has 1 amide bonds. The van der Waals surface area contributed by atoms with Gasteiger partial charge in [0, 0.05) is 47.2 Å². The number of nitrogens with one attached hydrogen (secondary N) is 1. The number of benzene rings is 3. The SMILES string of the molecule is O=C(c1ccccc1)N1CCc2[nH]c3ccc(-c4ccc(C5CCCCC5)cc4)cc3c2C1. The number of amides is 1. The van der Waals surface area contributed by atoms with Gasteiger partial charge >= 0.3 is 0 Å². The summed E-state index contributed by atoms with van der Waals surface area (Å²) < 4.78 is 0. The standard InChI is InChI=1S/C30H30N2O/c33-30(24-9-5-2-6-10-24)32-18-17-29-27(20-32)26-19-25(15-16-28(26)31-29)23-13-11-22(12-14-23)21-7-3-1-4-8-21/h2,5-6,9-16,19,21,31H,1,3-4,7-8,17-18,20H2. The Bertz CT molecular complexity index is 1280. The second-order valence-electron chi connectivity index (χ2n) is 9.64. The molecule has 6 rings (SSSR count). The lowest BCUT2D eigenvalue weighted by Crippen LogP contribution is -2.35. The van der Waals surface area contributed by atoms with Crippen molar-refractivity contribution < 1.29 is 4.79 Å². The molecule has 1 saturated carbocycles. The Labute approximate surface area is 195 Å². The number of hydrogen-bond donors (Lipinski definition) is 1. The van der Waals surface area contributed by atoms with Crippen LogP contribution < -0.4 is 0 Å². The Kier molecular flexibility index (Phi) is 5.26. The quantitative estimate of drug-likeness (QED) is 0.367. The summed E-state index contributed by atoms with van der Waals surface area (Å²) in [5.41, 5.74) is 8.46. The molecule has 4 aromatic rings. The van der Waals surface area contributed by atoms with Gasteiger partial charge in [-0.1, -0.05) is 67.8 Å². The van der Waals surface area contributed by atoms with E-state index in [4.69, 9.17) is 0 Å². The summed E-state index contributed by atoms with van der Waals surface area (Å²) in [5, 5.41) is 1.24. The van der Waals surface area contributed by atoms with Crippen molar-refractivity contribution in [1.29, 1.82) is 0 Å². The molecule has 3 aromatic carbocycles. The van der Waals surface area contributed by atoms with E-state index in [0.717, 1.165) is 30.0 Å². The minimum Gasteiger partial charge on any atom is -0.358 e. The topological polar surface area (TPSA) is 36.1 Å². The molecule has 166 valence electrons. The third-order valence-electron chi connectivity index (χ3n) is 7.60. The normalized spacial score (nSPS) is 16.7. The van der Waals surface area contributed by atoms with Gasteiger partial charge in [0.2, 0.25) is 0 Å². The fraction of sp³-hybridized carbons (Fsp3) is 0.300. The highest BCUT2D eigenvalue weighted by Crippen LogP contribution is 2.35. The van der Waals surface area contributed by atoms with Crippen LogP contribution in [0, 0.1) is 0 Å². The summed E-state index contributed by atoms with van der Waals surface area (Å²) in [7, 11) is 0. The lowest BCUT2D eigenvalue weighted by molar-refractivity contribution is 0.0735. The number of nitrogens with zero attached hydrogens (tertiary/aromatic N) is 1. The van der Waals surface area contributed by atoms with E-state index in [9.17, 15) is 4.79 Å². The van der Waals surface area contributed by atoms with E-state index in [1.165, 1.54) is 65.4 Å². The van der Waals surface area contributed by atoms with Crippen LogP contribution in [-0.2, 0) is 13.0 Å². The predicted octanol–water partition coefficient (Wildman–Crippen LogP) is 7.08. The minimum absolute atomic E-state index is 0.116. The average Bonchev–Trinajstić information content (AvgIpc) is 3.26. The summed E-state index contributed by atoms with van der Waals surface area (Å²) in [6.07, 6.45) is 7.66. The van der Waals surface area contributed by atoms with Crippen LogP contribution in [0.4, 0.5) is 0 Å². The maximum Gasteiger partial charge on any atom is 0.254 e. The van der Waals surface area contributed by atoms with Gasteiger partial charge in [0.15, 0.2) is 0 Å². The molecule has 0 spiro atoms. The van der Waals surface area contributed by atoms with Crippen molar-refractivity contribution in [3.8, 4) is 11.1 Å². The van der Waals surface area contributed by atoms with Gasteiger partial charge in [-0.05, 0) is 59.7 Å². The molecule has 1 aromatic heterocycles. The van der Waals surface area contributed by atoms with Crippen LogP contribution in [0.3, 0.4) is 0 Å². The number of carbonyl (C=O) groups is 1. The molecule has 1 N–H and O–H groups in total. The highest BCUT2D eigenvalue weighted by Gasteiger charge is 2.25. The summed E-state index contributed by atoms with van der Waals surface area (Å²) >= 11 is 0. The zero-order valence-corrected chi connectivity index (χ0v) is 19.0. The first-order valence-corrected chi connectivity index (χ1v) is 12.3. The van der Waals surface area contributed by atoms with Crippen molar-refractivity contribution in [3.05, 3.63) is 95.2 Å².